The summed E-state index contributed by atoms with van der Waals surface area (Å²) in [6.07, 6.45) is 3.11. The molecule has 2 rings (SSSR count). The maximum absolute atomic E-state index is 11.7. The fourth-order valence-electron chi connectivity index (χ4n) is 1.71. The van der Waals surface area contributed by atoms with Crippen LogP contribution in [-0.4, -0.2) is 27.7 Å². The Kier molecular flexibility index (Phi) is 3.96. The second-order valence-electron chi connectivity index (χ2n) is 3.75. The average Bonchev–Trinajstić information content (AvgIpc) is 2.90. The van der Waals surface area contributed by atoms with Crippen LogP contribution in [0.4, 0.5) is 0 Å². The molecule has 0 amide bonds. The van der Waals surface area contributed by atoms with Crippen LogP contribution in [0.15, 0.2) is 21.7 Å². The number of thiophene rings is 1. The van der Waals surface area contributed by atoms with E-state index in [9.17, 15) is 8.42 Å². The van der Waals surface area contributed by atoms with E-state index in [1.54, 1.807) is 17.5 Å². The molecule has 0 radical (unpaired) electrons. The van der Waals surface area contributed by atoms with E-state index in [1.165, 1.54) is 11.3 Å². The Morgan fingerprint density at radius 3 is 3.06 bits per heavy atom. The molecule has 16 heavy (non-hydrogen) atoms. The molecule has 0 aromatic carbocycles. The van der Waals surface area contributed by atoms with Gasteiger partial charge in [0.1, 0.15) is 4.21 Å². The Morgan fingerprint density at radius 1 is 1.56 bits per heavy atom. The maximum Gasteiger partial charge on any atom is 0.250 e. The number of rotatable bonds is 5. The molecule has 1 atom stereocenters. The van der Waals surface area contributed by atoms with Gasteiger partial charge in [-0.2, -0.15) is 0 Å². The van der Waals surface area contributed by atoms with Gasteiger partial charge in [-0.05, 0) is 30.7 Å². The highest BCUT2D eigenvalue weighted by atomic mass is 32.2. The molecular weight excluding hydrogens is 246 g/mol. The zero-order valence-electron chi connectivity index (χ0n) is 8.89. The van der Waals surface area contributed by atoms with Crippen molar-refractivity contribution in [2.45, 2.75) is 29.6 Å². The van der Waals surface area contributed by atoms with Crippen molar-refractivity contribution in [1.82, 2.24) is 4.72 Å². The molecule has 1 aliphatic heterocycles. The number of nitrogens with one attached hydrogen (secondary N) is 1. The molecule has 1 fully saturated rings. The van der Waals surface area contributed by atoms with Gasteiger partial charge < -0.3 is 4.74 Å². The van der Waals surface area contributed by atoms with Crippen molar-refractivity contribution in [3.8, 4) is 0 Å². The maximum atomic E-state index is 11.7. The highest BCUT2D eigenvalue weighted by Crippen LogP contribution is 2.17. The van der Waals surface area contributed by atoms with E-state index in [1.807, 2.05) is 0 Å². The Labute approximate surface area is 99.7 Å². The molecule has 1 aromatic heterocycles. The second-order valence-corrected chi connectivity index (χ2v) is 6.70. The van der Waals surface area contributed by atoms with Crippen LogP contribution < -0.4 is 4.72 Å². The van der Waals surface area contributed by atoms with Gasteiger partial charge in [-0.1, -0.05) is 6.07 Å². The molecule has 0 spiro atoms. The molecule has 6 heteroatoms. The van der Waals surface area contributed by atoms with Gasteiger partial charge in [0.2, 0.25) is 10.0 Å². The summed E-state index contributed by atoms with van der Waals surface area (Å²) in [6.45, 7) is 1.26. The summed E-state index contributed by atoms with van der Waals surface area (Å²) in [7, 11) is -3.30. The van der Waals surface area contributed by atoms with Gasteiger partial charge in [-0.3, -0.25) is 0 Å². The minimum Gasteiger partial charge on any atom is -0.378 e. The lowest BCUT2D eigenvalue weighted by Gasteiger charge is -2.09. The lowest BCUT2D eigenvalue weighted by atomic mass is 10.2. The second kappa shape index (κ2) is 5.27. The van der Waals surface area contributed by atoms with Crippen molar-refractivity contribution in [2.75, 3.05) is 13.2 Å². The van der Waals surface area contributed by atoms with Gasteiger partial charge in [0.05, 0.1) is 6.10 Å². The van der Waals surface area contributed by atoms with Crippen LogP contribution in [0.1, 0.15) is 19.3 Å². The molecule has 0 unspecified atom stereocenters. The smallest absolute Gasteiger partial charge is 0.250 e. The Hall–Kier alpha value is -0.430. The molecule has 90 valence electrons. The molecular formula is C10H15NO3S2. The molecule has 4 nitrogen and oxygen atoms in total. The lowest BCUT2D eigenvalue weighted by Crippen LogP contribution is -2.26. The zero-order chi connectivity index (χ0) is 11.4. The quantitative estimate of drug-likeness (QED) is 0.876. The van der Waals surface area contributed by atoms with Gasteiger partial charge >= 0.3 is 0 Å². The highest BCUT2D eigenvalue weighted by molar-refractivity contribution is 7.91. The first-order valence-electron chi connectivity index (χ1n) is 5.33. The largest absolute Gasteiger partial charge is 0.378 e. The van der Waals surface area contributed by atoms with Crippen LogP contribution in [0.5, 0.6) is 0 Å². The average molecular weight is 261 g/mol. The van der Waals surface area contributed by atoms with E-state index in [0.29, 0.717) is 10.8 Å². The highest BCUT2D eigenvalue weighted by Gasteiger charge is 2.18. The minimum absolute atomic E-state index is 0.228. The normalized spacial score (nSPS) is 21.4. The number of sulfonamides is 1. The fraction of sp³-hybridized carbons (Fsp3) is 0.600. The van der Waals surface area contributed by atoms with Gasteiger partial charge in [0.25, 0.3) is 0 Å². The lowest BCUT2D eigenvalue weighted by molar-refractivity contribution is 0.105. The van der Waals surface area contributed by atoms with Crippen LogP contribution in [0, 0.1) is 0 Å². The van der Waals surface area contributed by atoms with Crippen molar-refractivity contribution in [2.24, 2.45) is 0 Å². The molecule has 1 N–H and O–H groups in total. The topological polar surface area (TPSA) is 55.4 Å². The predicted molar refractivity (Wildman–Crippen MR) is 63.1 cm³/mol. The molecule has 1 saturated heterocycles. The Balaban J connectivity index is 1.81. The van der Waals surface area contributed by atoms with Crippen molar-refractivity contribution in [1.29, 1.82) is 0 Å². The molecule has 0 saturated carbocycles. The van der Waals surface area contributed by atoms with E-state index in [-0.39, 0.29) is 6.10 Å². The van der Waals surface area contributed by atoms with Crippen molar-refractivity contribution < 1.29 is 13.2 Å². The van der Waals surface area contributed by atoms with Crippen molar-refractivity contribution >= 4 is 21.4 Å². The SMILES string of the molecule is O=S(=O)(NCC[C@H]1CCCO1)c1cccs1. The monoisotopic (exact) mass is 261 g/mol. The standard InChI is InChI=1S/C10H15NO3S2/c12-16(13,10-4-2-8-15-10)11-6-5-9-3-1-7-14-9/h2,4,8-9,11H,1,3,5-7H2/t9-/m1/s1. The third-order valence-electron chi connectivity index (χ3n) is 2.54. The molecule has 1 aliphatic rings. The number of hydrogen-bond acceptors (Lipinski definition) is 4. The van der Waals surface area contributed by atoms with E-state index in [2.05, 4.69) is 4.72 Å². The summed E-state index contributed by atoms with van der Waals surface area (Å²) in [6, 6.07) is 3.35. The van der Waals surface area contributed by atoms with Gasteiger partial charge in [-0.25, -0.2) is 13.1 Å². The number of ether oxygens (including phenoxy) is 1. The van der Waals surface area contributed by atoms with Gasteiger partial charge in [0, 0.05) is 13.2 Å². The first-order valence-corrected chi connectivity index (χ1v) is 7.69. The van der Waals surface area contributed by atoms with Gasteiger partial charge in [0.15, 0.2) is 0 Å². The minimum atomic E-state index is -3.30. The summed E-state index contributed by atoms with van der Waals surface area (Å²) in [5.41, 5.74) is 0. The van der Waals surface area contributed by atoms with E-state index in [0.717, 1.165) is 25.9 Å². The zero-order valence-corrected chi connectivity index (χ0v) is 10.5. The Bertz CT molecular complexity index is 407. The van der Waals surface area contributed by atoms with Crippen LogP contribution in [0.25, 0.3) is 0 Å². The van der Waals surface area contributed by atoms with E-state index < -0.39 is 10.0 Å². The fourth-order valence-corrected chi connectivity index (χ4v) is 3.80. The summed E-state index contributed by atoms with van der Waals surface area (Å²) in [5.74, 6) is 0. The molecule has 1 aromatic rings. The Morgan fingerprint density at radius 2 is 2.44 bits per heavy atom. The first kappa shape index (κ1) is 12.0. The molecule has 0 bridgehead atoms. The predicted octanol–water partition coefficient (Wildman–Crippen LogP) is 1.60. The number of hydrogen-bond donors (Lipinski definition) is 1. The summed E-state index contributed by atoms with van der Waals surface area (Å²) in [5, 5.41) is 1.76. The van der Waals surface area contributed by atoms with Crippen LogP contribution in [-0.2, 0) is 14.8 Å². The van der Waals surface area contributed by atoms with Crippen molar-refractivity contribution in [3.63, 3.8) is 0 Å². The summed E-state index contributed by atoms with van der Waals surface area (Å²) < 4.78 is 31.8. The third-order valence-corrected chi connectivity index (χ3v) is 5.40. The summed E-state index contributed by atoms with van der Waals surface area (Å²) >= 11 is 1.23. The first-order chi connectivity index (χ1) is 7.68. The molecule has 2 heterocycles. The molecule has 0 aliphatic carbocycles. The van der Waals surface area contributed by atoms with E-state index >= 15 is 0 Å². The summed E-state index contributed by atoms with van der Waals surface area (Å²) in [4.78, 5) is 0. The van der Waals surface area contributed by atoms with Crippen LogP contribution in [0.3, 0.4) is 0 Å². The van der Waals surface area contributed by atoms with Crippen molar-refractivity contribution in [3.05, 3.63) is 17.5 Å². The van der Waals surface area contributed by atoms with Gasteiger partial charge in [-0.15, -0.1) is 11.3 Å². The van der Waals surface area contributed by atoms with E-state index in [4.69, 9.17) is 4.74 Å². The van der Waals surface area contributed by atoms with Crippen LogP contribution in [0.2, 0.25) is 0 Å². The van der Waals surface area contributed by atoms with Crippen LogP contribution >= 0.6 is 11.3 Å². The third kappa shape index (κ3) is 3.04.